The molecule has 0 spiro atoms. The van der Waals surface area contributed by atoms with Crippen LogP contribution in [0.5, 0.6) is 34.5 Å². The second-order valence-corrected chi connectivity index (χ2v) is 26.8. The van der Waals surface area contributed by atoms with Crippen LogP contribution in [0, 0.1) is 23.7 Å². The molecular weight excluding hydrogens is 1310 g/mol. The molecule has 2 saturated carbocycles. The van der Waals surface area contributed by atoms with Gasteiger partial charge in [0.2, 0.25) is 5.13 Å². The average molecular weight is 1410 g/mol. The van der Waals surface area contributed by atoms with Gasteiger partial charge in [0.25, 0.3) is 0 Å². The highest BCUT2D eigenvalue weighted by Crippen LogP contribution is 2.36. The third-order valence-corrected chi connectivity index (χ3v) is 19.2. The highest BCUT2D eigenvalue weighted by molar-refractivity contribution is 7.22. The average Bonchev–Trinajstić information content (AvgIpc) is 1.57. The van der Waals surface area contributed by atoms with Gasteiger partial charge in [-0.2, -0.15) is 14.9 Å². The van der Waals surface area contributed by atoms with Crippen LogP contribution in [0.1, 0.15) is 164 Å². The molecule has 0 unspecified atom stereocenters. The van der Waals surface area contributed by atoms with Crippen molar-refractivity contribution >= 4 is 62.7 Å². The van der Waals surface area contributed by atoms with Crippen LogP contribution in [0.3, 0.4) is 0 Å². The van der Waals surface area contributed by atoms with Crippen LogP contribution in [-0.2, 0) is 48.0 Å². The van der Waals surface area contributed by atoms with Crippen molar-refractivity contribution < 1.29 is 76.7 Å². The number of ether oxygens (including phenoxy) is 7. The Morgan fingerprint density at radius 3 is 1.47 bits per heavy atom. The molecule has 0 aliphatic heterocycles. The van der Waals surface area contributed by atoms with Crippen molar-refractivity contribution in [2.75, 3.05) is 57.8 Å². The molecule has 0 N–H and O–H groups in total. The summed E-state index contributed by atoms with van der Waals surface area (Å²) in [5, 5.41) is 7.72. The summed E-state index contributed by atoms with van der Waals surface area (Å²) in [5.74, 6) is 0.886. The van der Waals surface area contributed by atoms with E-state index in [2.05, 4.69) is 13.2 Å². The minimum absolute atomic E-state index is 0.137. The van der Waals surface area contributed by atoms with Gasteiger partial charge in [0.1, 0.15) is 28.9 Å². The number of hydrazone groups is 1. The van der Waals surface area contributed by atoms with Crippen LogP contribution in [0.25, 0.3) is 10.2 Å². The summed E-state index contributed by atoms with van der Waals surface area (Å²) in [6.07, 6.45) is 22.2. The predicted molar refractivity (Wildman–Crippen MR) is 393 cm³/mol. The van der Waals surface area contributed by atoms with E-state index in [0.717, 1.165) is 148 Å². The summed E-state index contributed by atoms with van der Waals surface area (Å²) in [6.45, 7) is 10.3. The van der Waals surface area contributed by atoms with Gasteiger partial charge < -0.3 is 42.9 Å². The quantitative estimate of drug-likeness (QED) is 0.00507. The van der Waals surface area contributed by atoms with E-state index < -0.39 is 17.9 Å². The summed E-state index contributed by atoms with van der Waals surface area (Å²) in [6, 6.07) is 47.1. The summed E-state index contributed by atoms with van der Waals surface area (Å²) in [5.41, 5.74) is 3.23. The number of aromatic nitrogens is 1. The van der Waals surface area contributed by atoms with Gasteiger partial charge in [-0.25, -0.2) is 19.6 Å². The summed E-state index contributed by atoms with van der Waals surface area (Å²) < 4.78 is 40.7. The molecule has 0 saturated heterocycles. The smallest absolute Gasteiger partial charge is 0.330 e. The number of thiazole rings is 1. The van der Waals surface area contributed by atoms with Crippen molar-refractivity contribution in [2.24, 2.45) is 28.8 Å². The number of rotatable bonds is 45. The molecule has 0 bridgehead atoms. The van der Waals surface area contributed by atoms with E-state index in [0.29, 0.717) is 113 Å². The topological polar surface area (TPSA) is 215 Å². The molecule has 6 aromatic carbocycles. The van der Waals surface area contributed by atoms with Gasteiger partial charge in [0.05, 0.1) is 74.5 Å². The van der Waals surface area contributed by atoms with Crippen molar-refractivity contribution in [1.82, 2.24) is 4.98 Å². The number of para-hydroxylation sites is 1. The van der Waals surface area contributed by atoms with E-state index >= 15 is 0 Å². The molecule has 7 aromatic rings. The van der Waals surface area contributed by atoms with Crippen molar-refractivity contribution in [3.63, 3.8) is 0 Å². The number of hydrogen-bond donors (Lipinski definition) is 0. The normalized spacial score (nSPS) is 15.8. The molecular formula is C82H97N3O16S. The molecule has 102 heavy (non-hydrogen) atoms. The van der Waals surface area contributed by atoms with Gasteiger partial charge in [0, 0.05) is 24.3 Å². The first-order valence-electron chi connectivity index (χ1n) is 36.2. The van der Waals surface area contributed by atoms with Crippen LogP contribution in [0.15, 0.2) is 182 Å². The maximum Gasteiger partial charge on any atom is 0.330 e. The molecule has 0 atom stereocenters. The third-order valence-electron chi connectivity index (χ3n) is 18.1. The first-order valence-corrected chi connectivity index (χ1v) is 37.0. The molecule has 1 heterocycles. The number of esters is 5. The maximum absolute atomic E-state index is 13.9. The van der Waals surface area contributed by atoms with Crippen LogP contribution in [0.2, 0.25) is 0 Å². The molecule has 2 fully saturated rings. The Balaban J connectivity index is 0.755. The van der Waals surface area contributed by atoms with Crippen LogP contribution >= 0.6 is 11.3 Å². The van der Waals surface area contributed by atoms with E-state index in [1.54, 1.807) is 72.1 Å². The molecule has 1 aromatic heterocycles. The van der Waals surface area contributed by atoms with Gasteiger partial charge in [-0.05, 0) is 217 Å². The highest BCUT2D eigenvalue weighted by Gasteiger charge is 2.31. The standard InChI is InChI=1S/C82H97N3O16S/c1-3-76(86)93-54-24-11-9-22-52-91-68-41-45-70(46-42-68)98-79(88)65-37-35-62(36-38-65)60-97-101-74-50-49-72(99-80(89)66-39-33-61(34-40-66)59-96-100-71-47-43-69(44-48-71)92-53-23-10-12-25-55-94-77(87)4-2)57-67(74)58-83-85(82-84-73-31-19-20-32-75(73)102-82)51-21-7-5-6-8-26-56-95-81(90)78(63-27-15-13-16-28-63)64-29-17-14-18-30-64/h3-4,13-20,27-32,41-50,57-58,61-62,65-66,78H,1-2,5-12,21-26,33-40,51-56,59-60H2/b83-58+. The lowest BCUT2D eigenvalue weighted by Crippen LogP contribution is -2.27. The number of unbranched alkanes of at least 4 members (excludes halogenated alkanes) is 11. The van der Waals surface area contributed by atoms with E-state index in [4.69, 9.17) is 62.8 Å². The minimum Gasteiger partial charge on any atom is -0.494 e. The number of anilines is 1. The lowest BCUT2D eigenvalue weighted by atomic mass is 9.82. The Morgan fingerprint density at radius 1 is 0.480 bits per heavy atom. The zero-order chi connectivity index (χ0) is 71.2. The SMILES string of the molecule is C=CC(=O)OCCCCCCOc1ccc(OOCC2CCC(C(=O)Oc3ccc(OOCC4CCC(C(=O)Oc5ccc(OCCCCCCOC(=O)C=C)cc5)CC4)c(/C=N/N(CCCCCCCCOC(=O)C(c4ccccc4)c4ccccc4)c4nc5ccccc5s4)c3)CC2)cc1. The summed E-state index contributed by atoms with van der Waals surface area (Å²) in [4.78, 5) is 91.6. The Morgan fingerprint density at radius 2 is 0.931 bits per heavy atom. The van der Waals surface area contributed by atoms with Crippen LogP contribution < -0.4 is 33.7 Å². The Kier molecular flexibility index (Phi) is 32.7. The van der Waals surface area contributed by atoms with Gasteiger partial charge >= 0.3 is 29.8 Å². The predicted octanol–water partition coefficient (Wildman–Crippen LogP) is 17.6. The molecule has 20 heteroatoms. The Bertz CT molecular complexity index is 3630. The van der Waals surface area contributed by atoms with E-state index in [1.165, 1.54) is 12.2 Å². The van der Waals surface area contributed by atoms with Crippen molar-refractivity contribution in [3.8, 4) is 34.5 Å². The number of hydrogen-bond acceptors (Lipinski definition) is 20. The van der Waals surface area contributed by atoms with E-state index in [-0.39, 0.29) is 41.6 Å². The maximum atomic E-state index is 13.9. The number of carbonyl (C=O) groups excluding carboxylic acids is 5. The van der Waals surface area contributed by atoms with Crippen molar-refractivity contribution in [3.05, 3.63) is 194 Å². The Hall–Kier alpha value is -9.37. The highest BCUT2D eigenvalue weighted by atomic mass is 32.1. The van der Waals surface area contributed by atoms with E-state index in [9.17, 15) is 24.0 Å². The monoisotopic (exact) mass is 1410 g/mol. The molecule has 0 amide bonds. The number of nitrogens with zero attached hydrogens (tertiary/aromatic N) is 3. The summed E-state index contributed by atoms with van der Waals surface area (Å²) >= 11 is 1.56. The van der Waals surface area contributed by atoms with Gasteiger partial charge in [-0.3, -0.25) is 14.4 Å². The van der Waals surface area contributed by atoms with Gasteiger partial charge in [-0.1, -0.05) is 123 Å². The zero-order valence-corrected chi connectivity index (χ0v) is 59.3. The molecule has 542 valence electrons. The molecule has 2 aliphatic carbocycles. The van der Waals surface area contributed by atoms with Gasteiger partial charge in [0.15, 0.2) is 11.5 Å². The molecule has 19 nitrogen and oxygen atoms in total. The zero-order valence-electron chi connectivity index (χ0n) is 58.5. The minimum atomic E-state index is -0.479. The second kappa shape index (κ2) is 43.4. The van der Waals surface area contributed by atoms with Crippen molar-refractivity contribution in [2.45, 2.75) is 147 Å². The first kappa shape index (κ1) is 76.8. The van der Waals surface area contributed by atoms with E-state index in [1.807, 2.05) is 102 Å². The largest absolute Gasteiger partial charge is 0.494 e. The fourth-order valence-electron chi connectivity index (χ4n) is 12.2. The van der Waals surface area contributed by atoms with Crippen LogP contribution in [-0.4, -0.2) is 93.8 Å². The second-order valence-electron chi connectivity index (χ2n) is 25.8. The number of benzene rings is 6. The lowest BCUT2D eigenvalue weighted by Gasteiger charge is -2.27. The first-order chi connectivity index (χ1) is 50.1. The lowest BCUT2D eigenvalue weighted by molar-refractivity contribution is -0.218. The fourth-order valence-corrected chi connectivity index (χ4v) is 13.2. The van der Waals surface area contributed by atoms with Gasteiger partial charge in [-0.15, -0.1) is 0 Å². The molecule has 0 radical (unpaired) electrons. The number of fused-ring (bicyclic) bond motifs is 1. The third kappa shape index (κ3) is 26.5. The van der Waals surface area contributed by atoms with Crippen molar-refractivity contribution in [1.29, 1.82) is 0 Å². The number of carbonyl (C=O) groups is 5. The molecule has 9 rings (SSSR count). The van der Waals surface area contributed by atoms with Crippen LogP contribution in [0.4, 0.5) is 5.13 Å². The summed E-state index contributed by atoms with van der Waals surface area (Å²) in [7, 11) is 0. The molecule has 2 aliphatic rings. The Labute approximate surface area is 603 Å². The fraction of sp³-hybridized carbons (Fsp3) is 0.427.